The molecule has 0 amide bonds. The predicted octanol–water partition coefficient (Wildman–Crippen LogP) is 3.72. The molecular weight excluding hydrogens is 313 g/mol. The summed E-state index contributed by atoms with van der Waals surface area (Å²) in [4.78, 5) is 8.03. The van der Waals surface area contributed by atoms with Crippen LogP contribution in [0.1, 0.15) is 6.92 Å². The van der Waals surface area contributed by atoms with E-state index in [1.54, 1.807) is 6.07 Å². The van der Waals surface area contributed by atoms with Crippen LogP contribution < -0.4 is 4.74 Å². The van der Waals surface area contributed by atoms with E-state index in [4.69, 9.17) is 4.74 Å². The number of ether oxygens (including phenoxy) is 1. The zero-order valence-corrected chi connectivity index (χ0v) is 10.8. The van der Waals surface area contributed by atoms with Crippen molar-refractivity contribution in [3.05, 3.63) is 29.0 Å². The Bertz CT molecular complexity index is 574. The maximum absolute atomic E-state index is 12.4. The van der Waals surface area contributed by atoms with Gasteiger partial charge in [0.2, 0.25) is 0 Å². The molecule has 96 valence electrons. The van der Waals surface area contributed by atoms with Crippen molar-refractivity contribution in [1.29, 1.82) is 0 Å². The summed E-state index contributed by atoms with van der Waals surface area (Å²) in [6.45, 7) is 0.950. The molecule has 2 aromatic heterocycles. The lowest BCUT2D eigenvalue weighted by Gasteiger charge is -2.18. The van der Waals surface area contributed by atoms with Gasteiger partial charge in [-0.15, -0.1) is 0 Å². The molecular formula is C11H8BrF3N2O. The number of hydrogen-bond acceptors (Lipinski definition) is 3. The topological polar surface area (TPSA) is 35.0 Å². The van der Waals surface area contributed by atoms with Gasteiger partial charge in [0.15, 0.2) is 6.10 Å². The first-order chi connectivity index (χ1) is 8.38. The van der Waals surface area contributed by atoms with Crippen molar-refractivity contribution >= 4 is 27.0 Å². The minimum Gasteiger partial charge on any atom is -0.479 e. The van der Waals surface area contributed by atoms with Crippen LogP contribution in [0.15, 0.2) is 29.0 Å². The molecule has 0 radical (unpaired) electrons. The minimum atomic E-state index is -4.41. The van der Waals surface area contributed by atoms with Gasteiger partial charge in [-0.25, -0.2) is 4.98 Å². The fraction of sp³-hybridized carbons (Fsp3) is 0.273. The molecule has 1 unspecified atom stereocenters. The SMILES string of the molecule is CC(Oc1ccnc2cc(Br)cnc12)C(F)(F)F. The molecule has 0 aliphatic carbocycles. The summed E-state index contributed by atoms with van der Waals surface area (Å²) in [5.41, 5.74) is 0.771. The van der Waals surface area contributed by atoms with E-state index in [1.807, 2.05) is 0 Å². The van der Waals surface area contributed by atoms with Gasteiger partial charge in [-0.1, -0.05) is 0 Å². The number of rotatable bonds is 2. The molecule has 2 rings (SSSR count). The maximum atomic E-state index is 12.4. The first kappa shape index (κ1) is 13.1. The second-order valence-corrected chi connectivity index (χ2v) is 4.55. The van der Waals surface area contributed by atoms with Crippen molar-refractivity contribution in [3.8, 4) is 5.75 Å². The third kappa shape index (κ3) is 2.72. The molecule has 0 aromatic carbocycles. The zero-order valence-electron chi connectivity index (χ0n) is 9.20. The van der Waals surface area contributed by atoms with Gasteiger partial charge in [0.05, 0.1) is 5.52 Å². The summed E-state index contributed by atoms with van der Waals surface area (Å²) in [6, 6.07) is 3.03. The summed E-state index contributed by atoms with van der Waals surface area (Å²) in [5.74, 6) is 0.0670. The van der Waals surface area contributed by atoms with Gasteiger partial charge in [-0.3, -0.25) is 4.98 Å². The van der Waals surface area contributed by atoms with E-state index < -0.39 is 12.3 Å². The number of pyridine rings is 2. The fourth-order valence-electron chi connectivity index (χ4n) is 1.33. The Morgan fingerprint density at radius 1 is 1.33 bits per heavy atom. The van der Waals surface area contributed by atoms with E-state index in [2.05, 4.69) is 25.9 Å². The third-order valence-corrected chi connectivity index (χ3v) is 2.71. The van der Waals surface area contributed by atoms with Crippen LogP contribution in [0.3, 0.4) is 0 Å². The molecule has 7 heteroatoms. The molecule has 0 saturated heterocycles. The van der Waals surface area contributed by atoms with Gasteiger partial charge < -0.3 is 4.74 Å². The number of fused-ring (bicyclic) bond motifs is 1. The van der Waals surface area contributed by atoms with E-state index in [1.165, 1.54) is 18.5 Å². The van der Waals surface area contributed by atoms with Crippen LogP contribution in [0, 0.1) is 0 Å². The van der Waals surface area contributed by atoms with Gasteiger partial charge in [0.1, 0.15) is 11.3 Å². The maximum Gasteiger partial charge on any atom is 0.425 e. The number of hydrogen-bond donors (Lipinski definition) is 0. The van der Waals surface area contributed by atoms with Crippen LogP contribution in [0.25, 0.3) is 11.0 Å². The Balaban J connectivity index is 2.40. The molecule has 0 spiro atoms. The van der Waals surface area contributed by atoms with Crippen LogP contribution in [0.4, 0.5) is 13.2 Å². The summed E-state index contributed by atoms with van der Waals surface area (Å²) < 4.78 is 42.9. The monoisotopic (exact) mass is 320 g/mol. The second-order valence-electron chi connectivity index (χ2n) is 3.63. The number of halogens is 4. The highest BCUT2D eigenvalue weighted by Crippen LogP contribution is 2.29. The summed E-state index contributed by atoms with van der Waals surface area (Å²) >= 11 is 3.22. The Labute approximate surface area is 109 Å². The van der Waals surface area contributed by atoms with Gasteiger partial charge in [-0.2, -0.15) is 13.2 Å². The first-order valence-electron chi connectivity index (χ1n) is 5.01. The Morgan fingerprint density at radius 3 is 2.72 bits per heavy atom. The number of aromatic nitrogens is 2. The summed E-state index contributed by atoms with van der Waals surface area (Å²) in [5, 5.41) is 0. The predicted molar refractivity (Wildman–Crippen MR) is 63.4 cm³/mol. The Hall–Kier alpha value is -1.37. The van der Waals surface area contributed by atoms with Gasteiger partial charge in [-0.05, 0) is 28.9 Å². The third-order valence-electron chi connectivity index (χ3n) is 2.27. The Morgan fingerprint density at radius 2 is 2.06 bits per heavy atom. The van der Waals surface area contributed by atoms with Gasteiger partial charge in [0, 0.05) is 22.9 Å². The smallest absolute Gasteiger partial charge is 0.425 e. The van der Waals surface area contributed by atoms with Crippen LogP contribution in [-0.4, -0.2) is 22.2 Å². The standard InChI is InChI=1S/C11H8BrF3N2O/c1-6(11(13,14)15)18-9-2-3-16-8-4-7(12)5-17-10(8)9/h2-6H,1H3. The quantitative estimate of drug-likeness (QED) is 0.845. The molecule has 0 bridgehead atoms. The lowest BCUT2D eigenvalue weighted by Crippen LogP contribution is -2.31. The van der Waals surface area contributed by atoms with Crippen molar-refractivity contribution in [3.63, 3.8) is 0 Å². The molecule has 2 aromatic rings. The normalized spacial score (nSPS) is 13.6. The molecule has 0 fully saturated rings. The number of alkyl halides is 3. The molecule has 3 nitrogen and oxygen atoms in total. The van der Waals surface area contributed by atoms with E-state index in [0.29, 0.717) is 15.5 Å². The summed E-state index contributed by atoms with van der Waals surface area (Å²) in [7, 11) is 0. The molecule has 1 atom stereocenters. The average molecular weight is 321 g/mol. The van der Waals surface area contributed by atoms with Crippen molar-refractivity contribution < 1.29 is 17.9 Å². The highest BCUT2D eigenvalue weighted by molar-refractivity contribution is 9.10. The van der Waals surface area contributed by atoms with E-state index in [-0.39, 0.29) is 5.75 Å². The lowest BCUT2D eigenvalue weighted by atomic mass is 10.3. The highest BCUT2D eigenvalue weighted by atomic mass is 79.9. The largest absolute Gasteiger partial charge is 0.479 e. The molecule has 0 saturated carbocycles. The number of nitrogens with zero attached hydrogens (tertiary/aromatic N) is 2. The van der Waals surface area contributed by atoms with Crippen LogP contribution in [0.2, 0.25) is 0 Å². The highest BCUT2D eigenvalue weighted by Gasteiger charge is 2.38. The molecule has 18 heavy (non-hydrogen) atoms. The lowest BCUT2D eigenvalue weighted by molar-refractivity contribution is -0.189. The summed E-state index contributed by atoms with van der Waals surface area (Å²) in [6.07, 6.45) is -3.44. The van der Waals surface area contributed by atoms with E-state index >= 15 is 0 Å². The zero-order chi connectivity index (χ0) is 13.3. The van der Waals surface area contributed by atoms with Crippen molar-refractivity contribution in [1.82, 2.24) is 9.97 Å². The van der Waals surface area contributed by atoms with Crippen LogP contribution >= 0.6 is 15.9 Å². The van der Waals surface area contributed by atoms with Crippen molar-refractivity contribution in [2.24, 2.45) is 0 Å². The van der Waals surface area contributed by atoms with Crippen LogP contribution in [0.5, 0.6) is 5.75 Å². The van der Waals surface area contributed by atoms with Crippen LogP contribution in [-0.2, 0) is 0 Å². The molecule has 2 heterocycles. The van der Waals surface area contributed by atoms with E-state index in [9.17, 15) is 13.2 Å². The minimum absolute atomic E-state index is 0.0670. The average Bonchev–Trinajstić information content (AvgIpc) is 2.27. The first-order valence-corrected chi connectivity index (χ1v) is 5.81. The molecule has 0 N–H and O–H groups in total. The van der Waals surface area contributed by atoms with E-state index in [0.717, 1.165) is 6.92 Å². The van der Waals surface area contributed by atoms with Gasteiger partial charge in [0.25, 0.3) is 0 Å². The van der Waals surface area contributed by atoms with Gasteiger partial charge >= 0.3 is 6.18 Å². The molecule has 0 aliphatic rings. The fourth-order valence-corrected chi connectivity index (χ4v) is 1.65. The second kappa shape index (κ2) is 4.72. The Kier molecular flexibility index (Phi) is 3.43. The van der Waals surface area contributed by atoms with Crippen molar-refractivity contribution in [2.45, 2.75) is 19.2 Å². The molecule has 0 aliphatic heterocycles. The van der Waals surface area contributed by atoms with Crippen molar-refractivity contribution in [2.75, 3.05) is 0 Å².